The molecule has 0 atom stereocenters. The van der Waals surface area contributed by atoms with Crippen molar-refractivity contribution in [1.29, 1.82) is 0 Å². The minimum absolute atomic E-state index is 0.371. The molecule has 2 fully saturated rings. The van der Waals surface area contributed by atoms with Crippen LogP contribution in [0.15, 0.2) is 18.5 Å². The number of nitrogens with one attached hydrogen (secondary N) is 1. The molecule has 0 radical (unpaired) electrons. The zero-order valence-electron chi connectivity index (χ0n) is 11.4. The summed E-state index contributed by atoms with van der Waals surface area (Å²) >= 11 is 6.22. The number of hydrogen-bond acceptors (Lipinski definition) is 3. The highest BCUT2D eigenvalue weighted by Gasteiger charge is 2.35. The largest absolute Gasteiger partial charge is 0.309 e. The summed E-state index contributed by atoms with van der Waals surface area (Å²) in [6, 6.07) is 2.04. The smallest absolute Gasteiger partial charge is 0.0634 e. The van der Waals surface area contributed by atoms with E-state index < -0.39 is 0 Å². The SMILES string of the molecule is Clc1cnccc1CN1CCNC2(CCCCC2)C1. The number of hydrogen-bond donors (Lipinski definition) is 1. The highest BCUT2D eigenvalue weighted by molar-refractivity contribution is 6.31. The van der Waals surface area contributed by atoms with E-state index in [-0.39, 0.29) is 0 Å². The molecule has 1 saturated heterocycles. The first kappa shape index (κ1) is 13.3. The van der Waals surface area contributed by atoms with E-state index in [1.807, 2.05) is 12.3 Å². The number of piperazine rings is 1. The van der Waals surface area contributed by atoms with E-state index in [0.29, 0.717) is 5.54 Å². The summed E-state index contributed by atoms with van der Waals surface area (Å²) in [6.07, 6.45) is 10.4. The van der Waals surface area contributed by atoms with Crippen LogP contribution >= 0.6 is 11.6 Å². The molecule has 1 aromatic heterocycles. The van der Waals surface area contributed by atoms with Gasteiger partial charge in [-0.15, -0.1) is 0 Å². The van der Waals surface area contributed by atoms with Crippen LogP contribution in [0.2, 0.25) is 5.02 Å². The van der Waals surface area contributed by atoms with Crippen LogP contribution in [0.3, 0.4) is 0 Å². The molecule has 1 saturated carbocycles. The number of rotatable bonds is 2. The summed E-state index contributed by atoms with van der Waals surface area (Å²) in [4.78, 5) is 6.60. The first-order valence-electron chi connectivity index (χ1n) is 7.33. The first-order valence-corrected chi connectivity index (χ1v) is 7.71. The van der Waals surface area contributed by atoms with Gasteiger partial charge in [-0.2, -0.15) is 0 Å². The van der Waals surface area contributed by atoms with Gasteiger partial charge < -0.3 is 5.32 Å². The lowest BCUT2D eigenvalue weighted by Gasteiger charge is -2.46. The lowest BCUT2D eigenvalue weighted by molar-refractivity contribution is 0.0945. The Kier molecular flexibility index (Phi) is 4.06. The van der Waals surface area contributed by atoms with Crippen molar-refractivity contribution in [2.45, 2.75) is 44.2 Å². The molecule has 3 rings (SSSR count). The third kappa shape index (κ3) is 3.10. The second-order valence-electron chi connectivity index (χ2n) is 5.95. The molecule has 0 amide bonds. The zero-order valence-corrected chi connectivity index (χ0v) is 12.1. The quantitative estimate of drug-likeness (QED) is 0.902. The van der Waals surface area contributed by atoms with Crippen molar-refractivity contribution in [3.8, 4) is 0 Å². The fraction of sp³-hybridized carbons (Fsp3) is 0.667. The van der Waals surface area contributed by atoms with E-state index in [4.69, 9.17) is 11.6 Å². The van der Waals surface area contributed by atoms with Crippen LogP contribution in [0.5, 0.6) is 0 Å². The highest BCUT2D eigenvalue weighted by Crippen LogP contribution is 2.31. The van der Waals surface area contributed by atoms with Crippen molar-refractivity contribution in [2.75, 3.05) is 19.6 Å². The van der Waals surface area contributed by atoms with Gasteiger partial charge in [-0.25, -0.2) is 0 Å². The second-order valence-corrected chi connectivity index (χ2v) is 6.35. The average molecular weight is 280 g/mol. The maximum Gasteiger partial charge on any atom is 0.0634 e. The summed E-state index contributed by atoms with van der Waals surface area (Å²) in [6.45, 7) is 4.32. The van der Waals surface area contributed by atoms with E-state index in [0.717, 1.165) is 31.2 Å². The minimum Gasteiger partial charge on any atom is -0.309 e. The van der Waals surface area contributed by atoms with E-state index in [9.17, 15) is 0 Å². The van der Waals surface area contributed by atoms with Gasteiger partial charge in [0.25, 0.3) is 0 Å². The molecule has 2 heterocycles. The molecule has 1 aromatic rings. The molecular weight excluding hydrogens is 258 g/mol. The monoisotopic (exact) mass is 279 g/mol. The van der Waals surface area contributed by atoms with E-state index in [1.165, 1.54) is 37.7 Å². The van der Waals surface area contributed by atoms with Crippen LogP contribution in [0.4, 0.5) is 0 Å². The summed E-state index contributed by atoms with van der Waals surface area (Å²) < 4.78 is 0. The Labute approximate surface area is 120 Å². The fourth-order valence-corrected chi connectivity index (χ4v) is 3.69. The van der Waals surface area contributed by atoms with Crippen LogP contribution in [0.25, 0.3) is 0 Å². The topological polar surface area (TPSA) is 28.2 Å². The normalized spacial score (nSPS) is 23.6. The molecule has 1 N–H and O–H groups in total. The molecule has 1 aliphatic carbocycles. The maximum absolute atomic E-state index is 6.22. The van der Waals surface area contributed by atoms with Crippen LogP contribution in [-0.4, -0.2) is 35.1 Å². The maximum atomic E-state index is 6.22. The second kappa shape index (κ2) is 5.78. The lowest BCUT2D eigenvalue weighted by Crippen LogP contribution is -2.60. The Morgan fingerprint density at radius 3 is 2.95 bits per heavy atom. The Bertz CT molecular complexity index is 424. The lowest BCUT2D eigenvalue weighted by atomic mass is 9.80. The van der Waals surface area contributed by atoms with E-state index in [2.05, 4.69) is 15.2 Å². The van der Waals surface area contributed by atoms with Gasteiger partial charge in [0, 0.05) is 44.1 Å². The van der Waals surface area contributed by atoms with E-state index >= 15 is 0 Å². The van der Waals surface area contributed by atoms with Crippen LogP contribution in [0, 0.1) is 0 Å². The molecule has 0 unspecified atom stereocenters. The van der Waals surface area contributed by atoms with Crippen molar-refractivity contribution in [1.82, 2.24) is 15.2 Å². The third-order valence-electron chi connectivity index (χ3n) is 4.52. The first-order chi connectivity index (χ1) is 9.27. The summed E-state index contributed by atoms with van der Waals surface area (Å²) in [5.41, 5.74) is 1.57. The molecule has 1 aliphatic heterocycles. The predicted octanol–water partition coefficient (Wildman–Crippen LogP) is 2.84. The highest BCUT2D eigenvalue weighted by atomic mass is 35.5. The number of nitrogens with zero attached hydrogens (tertiary/aromatic N) is 2. The molecule has 4 heteroatoms. The van der Waals surface area contributed by atoms with Gasteiger partial charge in [0.05, 0.1) is 5.02 Å². The zero-order chi connectivity index (χ0) is 13.1. The average Bonchev–Trinajstić information content (AvgIpc) is 2.42. The molecule has 3 nitrogen and oxygen atoms in total. The minimum atomic E-state index is 0.371. The van der Waals surface area contributed by atoms with Crippen molar-refractivity contribution >= 4 is 11.6 Å². The Morgan fingerprint density at radius 1 is 1.32 bits per heavy atom. The molecule has 2 aliphatic rings. The molecule has 19 heavy (non-hydrogen) atoms. The number of pyridine rings is 1. The Balaban J connectivity index is 1.67. The Morgan fingerprint density at radius 2 is 2.16 bits per heavy atom. The molecular formula is C15H22ClN3. The van der Waals surface area contributed by atoms with Crippen molar-refractivity contribution < 1.29 is 0 Å². The van der Waals surface area contributed by atoms with Gasteiger partial charge in [-0.1, -0.05) is 30.9 Å². The predicted molar refractivity (Wildman–Crippen MR) is 78.3 cm³/mol. The van der Waals surface area contributed by atoms with Gasteiger partial charge in [0.2, 0.25) is 0 Å². The fourth-order valence-electron chi connectivity index (χ4n) is 3.51. The van der Waals surface area contributed by atoms with Gasteiger partial charge in [0.15, 0.2) is 0 Å². The molecule has 1 spiro atoms. The summed E-state index contributed by atoms with van der Waals surface area (Å²) in [5, 5.41) is 4.57. The number of halogens is 1. The summed E-state index contributed by atoms with van der Waals surface area (Å²) in [5.74, 6) is 0. The van der Waals surface area contributed by atoms with Gasteiger partial charge >= 0.3 is 0 Å². The third-order valence-corrected chi connectivity index (χ3v) is 4.86. The van der Waals surface area contributed by atoms with Gasteiger partial charge in [0.1, 0.15) is 0 Å². The van der Waals surface area contributed by atoms with Crippen LogP contribution in [0.1, 0.15) is 37.7 Å². The van der Waals surface area contributed by atoms with Crippen molar-refractivity contribution in [3.05, 3.63) is 29.0 Å². The molecule has 0 aromatic carbocycles. The van der Waals surface area contributed by atoms with Crippen LogP contribution in [-0.2, 0) is 6.54 Å². The summed E-state index contributed by atoms with van der Waals surface area (Å²) in [7, 11) is 0. The van der Waals surface area contributed by atoms with E-state index in [1.54, 1.807) is 6.20 Å². The standard InChI is InChI=1S/C15H22ClN3/c16-14-10-17-7-4-13(14)11-19-9-8-18-15(12-19)5-2-1-3-6-15/h4,7,10,18H,1-3,5-6,8-9,11-12H2. The molecule has 0 bridgehead atoms. The number of aromatic nitrogens is 1. The molecule has 104 valence electrons. The Hall–Kier alpha value is -0.640. The van der Waals surface area contributed by atoms with Crippen molar-refractivity contribution in [3.63, 3.8) is 0 Å². The van der Waals surface area contributed by atoms with Gasteiger partial charge in [-0.05, 0) is 24.5 Å². The van der Waals surface area contributed by atoms with Crippen molar-refractivity contribution in [2.24, 2.45) is 0 Å². The van der Waals surface area contributed by atoms with Gasteiger partial charge in [-0.3, -0.25) is 9.88 Å². The van der Waals surface area contributed by atoms with Crippen LogP contribution < -0.4 is 5.32 Å².